The topological polar surface area (TPSA) is 129 Å². The number of rotatable bonds is 9. The number of hydrogen-bond acceptors (Lipinski definition) is 4. The van der Waals surface area contributed by atoms with Crippen LogP contribution in [0.4, 0.5) is 0 Å². The normalized spacial score (nSPS) is 11.6. The number of aliphatic hydroxyl groups excluding tert-OH is 1. The molecule has 7 heteroatoms. The number of amidine groups is 1. The molecule has 0 bridgehead atoms. The lowest BCUT2D eigenvalue weighted by molar-refractivity contribution is -0.128. The first-order valence-corrected chi connectivity index (χ1v) is 5.75. The van der Waals surface area contributed by atoms with E-state index in [0.717, 1.165) is 12.8 Å². The van der Waals surface area contributed by atoms with Gasteiger partial charge in [-0.1, -0.05) is 6.42 Å². The fourth-order valence-electron chi connectivity index (χ4n) is 1.34. The maximum absolute atomic E-state index is 11.4. The molecule has 7 nitrogen and oxygen atoms in total. The van der Waals surface area contributed by atoms with Crippen molar-refractivity contribution in [3.63, 3.8) is 0 Å². The van der Waals surface area contributed by atoms with E-state index in [1.165, 1.54) is 0 Å². The molecule has 0 aromatic heterocycles. The van der Waals surface area contributed by atoms with Crippen molar-refractivity contribution in [3.05, 3.63) is 0 Å². The Morgan fingerprint density at radius 1 is 1.33 bits per heavy atom. The van der Waals surface area contributed by atoms with E-state index in [1.54, 1.807) is 0 Å². The summed E-state index contributed by atoms with van der Waals surface area (Å²) in [5, 5.41) is 18.3. The van der Waals surface area contributed by atoms with Crippen LogP contribution in [0.2, 0.25) is 0 Å². The lowest BCUT2D eigenvalue weighted by Crippen LogP contribution is -2.42. The maximum Gasteiger partial charge on any atom is 0.270 e. The quantitative estimate of drug-likeness (QED) is 0.253. The zero-order valence-electron chi connectivity index (χ0n) is 10.3. The number of nitrogens with two attached hydrogens (primary N) is 1. The molecule has 0 rings (SSSR count). The van der Waals surface area contributed by atoms with E-state index in [9.17, 15) is 9.59 Å². The Morgan fingerprint density at radius 2 is 1.94 bits per heavy atom. The average Bonchev–Trinajstić information content (AvgIpc) is 2.34. The van der Waals surface area contributed by atoms with Crippen LogP contribution in [0.5, 0.6) is 0 Å². The van der Waals surface area contributed by atoms with Gasteiger partial charge in [0.15, 0.2) is 0 Å². The fraction of sp³-hybridized carbons (Fsp3) is 0.636. The van der Waals surface area contributed by atoms with Gasteiger partial charge in [0, 0.05) is 12.8 Å². The molecule has 0 aliphatic rings. The average molecular weight is 256 g/mol. The summed E-state index contributed by atoms with van der Waals surface area (Å²) in [6.45, 7) is 2.55. The number of carbonyl (C=O) groups is 2. The fourth-order valence-corrected chi connectivity index (χ4v) is 1.34. The number of amides is 2. The molecule has 0 fully saturated rings. The van der Waals surface area contributed by atoms with E-state index >= 15 is 0 Å². The lowest BCUT2D eigenvalue weighted by Gasteiger charge is -2.12. The minimum Gasteiger partial charge on any atom is -0.394 e. The number of nitrogens with one attached hydrogen (secondary N) is 2. The van der Waals surface area contributed by atoms with Gasteiger partial charge in [0.1, 0.15) is 6.04 Å². The highest BCUT2D eigenvalue weighted by Gasteiger charge is 2.17. The van der Waals surface area contributed by atoms with Crippen LogP contribution in [0.25, 0.3) is 0 Å². The minimum absolute atomic E-state index is 0.141. The number of hydrogen-bond donors (Lipinski definition) is 4. The van der Waals surface area contributed by atoms with Crippen LogP contribution in [0.3, 0.4) is 0 Å². The summed E-state index contributed by atoms with van der Waals surface area (Å²) >= 11 is 0. The van der Waals surface area contributed by atoms with E-state index in [-0.39, 0.29) is 18.2 Å². The van der Waals surface area contributed by atoms with E-state index in [1.807, 2.05) is 0 Å². The highest BCUT2D eigenvalue weighted by atomic mass is 16.3. The van der Waals surface area contributed by atoms with Crippen molar-refractivity contribution >= 4 is 24.4 Å². The summed E-state index contributed by atoms with van der Waals surface area (Å²) in [6.07, 6.45) is 2.98. The first-order chi connectivity index (χ1) is 8.51. The molecule has 18 heavy (non-hydrogen) atoms. The number of unbranched alkanes of at least 4 members (excludes halogenated alkanes) is 2. The van der Waals surface area contributed by atoms with Crippen LogP contribution in [-0.2, 0) is 9.59 Å². The molecule has 5 N–H and O–H groups in total. The number of carbonyl (C=O) groups excluding carboxylic acids is 2. The third-order valence-corrected chi connectivity index (χ3v) is 2.32. The smallest absolute Gasteiger partial charge is 0.270 e. The summed E-state index contributed by atoms with van der Waals surface area (Å²) in [7, 11) is 0. The summed E-state index contributed by atoms with van der Waals surface area (Å²) < 4.78 is 0. The van der Waals surface area contributed by atoms with Crippen molar-refractivity contribution in [2.45, 2.75) is 38.1 Å². The molecule has 0 radical (unpaired) electrons. The van der Waals surface area contributed by atoms with Crippen molar-refractivity contribution in [2.24, 2.45) is 10.7 Å². The van der Waals surface area contributed by atoms with Gasteiger partial charge >= 0.3 is 0 Å². The SMILES string of the molecule is C=NC(=O)[C@H](CO)NC(=O)CCCCCC(=N)N. The molecule has 0 spiro atoms. The molecule has 102 valence electrons. The Hall–Kier alpha value is -1.76. The summed E-state index contributed by atoms with van der Waals surface area (Å²) in [6, 6.07) is -1.01. The van der Waals surface area contributed by atoms with Crippen LogP contribution >= 0.6 is 0 Å². The van der Waals surface area contributed by atoms with Gasteiger partial charge in [-0.3, -0.25) is 15.0 Å². The number of aliphatic imine (C=N–C) groups is 1. The van der Waals surface area contributed by atoms with E-state index in [4.69, 9.17) is 16.2 Å². The second-order valence-electron chi connectivity index (χ2n) is 3.88. The zero-order valence-corrected chi connectivity index (χ0v) is 10.3. The van der Waals surface area contributed by atoms with Gasteiger partial charge in [-0.2, -0.15) is 0 Å². The van der Waals surface area contributed by atoms with Gasteiger partial charge in [-0.05, 0) is 19.6 Å². The summed E-state index contributed by atoms with van der Waals surface area (Å²) in [5.41, 5.74) is 5.19. The van der Waals surface area contributed by atoms with Gasteiger partial charge in [0.05, 0.1) is 12.4 Å². The van der Waals surface area contributed by atoms with Crippen LogP contribution in [0, 0.1) is 5.41 Å². The minimum atomic E-state index is -1.01. The first-order valence-electron chi connectivity index (χ1n) is 5.75. The van der Waals surface area contributed by atoms with E-state index in [2.05, 4.69) is 17.0 Å². The Kier molecular flexibility index (Phi) is 8.38. The van der Waals surface area contributed by atoms with Gasteiger partial charge in [-0.15, -0.1) is 0 Å². The van der Waals surface area contributed by atoms with Crippen LogP contribution < -0.4 is 11.1 Å². The molecule has 0 unspecified atom stereocenters. The van der Waals surface area contributed by atoms with Gasteiger partial charge in [-0.25, -0.2) is 4.99 Å². The zero-order chi connectivity index (χ0) is 14.0. The largest absolute Gasteiger partial charge is 0.394 e. The Labute approximate surface area is 106 Å². The Balaban J connectivity index is 3.79. The van der Waals surface area contributed by atoms with Gasteiger partial charge < -0.3 is 16.2 Å². The Bertz CT molecular complexity index is 317. The molecule has 0 aliphatic carbocycles. The van der Waals surface area contributed by atoms with Crippen LogP contribution in [0.1, 0.15) is 32.1 Å². The third-order valence-electron chi connectivity index (χ3n) is 2.32. The maximum atomic E-state index is 11.4. The first kappa shape index (κ1) is 16.2. The Morgan fingerprint density at radius 3 is 2.44 bits per heavy atom. The highest BCUT2D eigenvalue weighted by molar-refractivity contribution is 5.90. The standard InChI is InChI=1S/C11H20N4O3/c1-14-11(18)8(7-16)15-10(17)6-4-2-3-5-9(12)13/h8,16H,1-7H2,(H3,12,13)(H,15,17)/t8-/m0/s1. The predicted octanol–water partition coefficient (Wildman–Crippen LogP) is -0.423. The van der Waals surface area contributed by atoms with E-state index in [0.29, 0.717) is 12.8 Å². The molecule has 0 aromatic rings. The molecule has 2 amide bonds. The molecule has 0 heterocycles. The van der Waals surface area contributed by atoms with Crippen molar-refractivity contribution in [1.29, 1.82) is 5.41 Å². The highest BCUT2D eigenvalue weighted by Crippen LogP contribution is 2.03. The molecular formula is C11H20N4O3. The van der Waals surface area contributed by atoms with Crippen molar-refractivity contribution in [2.75, 3.05) is 6.61 Å². The van der Waals surface area contributed by atoms with Gasteiger partial charge in [0.25, 0.3) is 5.91 Å². The van der Waals surface area contributed by atoms with Crippen molar-refractivity contribution in [1.82, 2.24) is 5.32 Å². The summed E-state index contributed by atoms with van der Waals surface area (Å²) in [4.78, 5) is 25.7. The van der Waals surface area contributed by atoms with Crippen molar-refractivity contribution in [3.8, 4) is 0 Å². The molecule has 0 aromatic carbocycles. The molecule has 0 saturated heterocycles. The number of aliphatic hydroxyl groups is 1. The monoisotopic (exact) mass is 256 g/mol. The van der Waals surface area contributed by atoms with Crippen molar-refractivity contribution < 1.29 is 14.7 Å². The molecule has 1 atom stereocenters. The summed E-state index contributed by atoms with van der Waals surface area (Å²) in [5.74, 6) is -0.821. The van der Waals surface area contributed by atoms with Crippen LogP contribution in [-0.4, -0.2) is 42.1 Å². The second kappa shape index (κ2) is 9.29. The third kappa shape index (κ3) is 7.50. The molecule has 0 aliphatic heterocycles. The van der Waals surface area contributed by atoms with Crippen LogP contribution in [0.15, 0.2) is 4.99 Å². The molecule has 0 saturated carbocycles. The van der Waals surface area contributed by atoms with Gasteiger partial charge in [0.2, 0.25) is 5.91 Å². The number of nitrogens with zero attached hydrogens (tertiary/aromatic N) is 1. The molecular weight excluding hydrogens is 236 g/mol. The predicted molar refractivity (Wildman–Crippen MR) is 68.6 cm³/mol. The van der Waals surface area contributed by atoms with E-state index < -0.39 is 18.6 Å². The second-order valence-corrected chi connectivity index (χ2v) is 3.88. The lowest BCUT2D eigenvalue weighted by atomic mass is 10.1.